The van der Waals surface area contributed by atoms with E-state index in [-0.39, 0.29) is 55.4 Å². The number of likely N-dealkylation sites (N-methyl/N-ethyl adjacent to an activating group) is 1. The molecule has 0 aromatic rings. The number of nitrogens with zero attached hydrogens (tertiary/aromatic N) is 2. The Kier molecular flexibility index (Phi) is 34.5. The summed E-state index contributed by atoms with van der Waals surface area (Å²) in [7, 11) is 1.35. The van der Waals surface area contributed by atoms with Crippen molar-refractivity contribution in [2.24, 2.45) is 40.1 Å². The van der Waals surface area contributed by atoms with E-state index in [1.807, 2.05) is 34.6 Å². The fraction of sp³-hybridized carbons (Fsp3) is 0.825. The molecule has 0 saturated carbocycles. The molecular weight excluding hydrogens is 1010 g/mol. The molecule has 1 fully saturated rings. The normalized spacial score (nSPS) is 17.8. The Labute approximate surface area is 472 Å². The van der Waals surface area contributed by atoms with E-state index in [0.717, 1.165) is 25.7 Å². The number of rotatable bonds is 40. The van der Waals surface area contributed by atoms with Gasteiger partial charge in [-0.2, -0.15) is 0 Å². The van der Waals surface area contributed by atoms with Crippen LogP contribution in [0.2, 0.25) is 0 Å². The number of likely N-dealkylation sites (tertiary alicyclic amines) is 1. The summed E-state index contributed by atoms with van der Waals surface area (Å²) in [6.07, 6.45) is 15.8. The largest absolute Gasteiger partial charge is 0.391 e. The lowest BCUT2D eigenvalue weighted by atomic mass is 9.94. The lowest BCUT2D eigenvalue weighted by Crippen LogP contribution is -2.62. The Bertz CT molecular complexity index is 1950. The van der Waals surface area contributed by atoms with E-state index in [4.69, 9.17) is 11.5 Å². The second kappa shape index (κ2) is 38.2. The summed E-state index contributed by atoms with van der Waals surface area (Å²) in [5.74, 6) is -7.05. The predicted octanol–water partition coefficient (Wildman–Crippen LogP) is 3.46. The van der Waals surface area contributed by atoms with Crippen molar-refractivity contribution in [1.29, 1.82) is 0 Å². The van der Waals surface area contributed by atoms with Crippen LogP contribution in [0.1, 0.15) is 205 Å². The van der Waals surface area contributed by atoms with Gasteiger partial charge in [0.05, 0.1) is 6.10 Å². The van der Waals surface area contributed by atoms with E-state index >= 15 is 0 Å². The van der Waals surface area contributed by atoms with Gasteiger partial charge in [-0.1, -0.05) is 146 Å². The second-order valence-electron chi connectivity index (χ2n) is 23.0. The number of hydrogen-bond acceptors (Lipinski definition) is 11. The number of hydrogen-bond donors (Lipinski definition) is 11. The molecule has 0 radical (unpaired) electrons. The number of amides is 9. The molecule has 0 bridgehead atoms. The van der Waals surface area contributed by atoms with Crippen LogP contribution in [-0.2, 0) is 43.2 Å². The molecule has 11 atom stereocenters. The molecule has 79 heavy (non-hydrogen) atoms. The minimum absolute atomic E-state index is 0.00939. The molecule has 9 amide bonds. The van der Waals surface area contributed by atoms with Crippen LogP contribution >= 0.6 is 0 Å². The molecule has 1 heterocycles. The number of nitrogens with two attached hydrogens (primary N) is 2. The third kappa shape index (κ3) is 26.5. The van der Waals surface area contributed by atoms with E-state index in [1.54, 1.807) is 27.7 Å². The van der Waals surface area contributed by atoms with Crippen LogP contribution in [0.4, 0.5) is 0 Å². The van der Waals surface area contributed by atoms with Crippen LogP contribution < -0.4 is 54.0 Å². The van der Waals surface area contributed by atoms with Crippen molar-refractivity contribution in [3.05, 3.63) is 0 Å². The Balaban J connectivity index is 3.20. The van der Waals surface area contributed by atoms with Crippen molar-refractivity contribution in [1.82, 2.24) is 47.4 Å². The minimum Gasteiger partial charge on any atom is -0.391 e. The molecule has 1 unspecified atom stereocenters. The molecule has 1 saturated heterocycles. The SMILES string of the molecule is CCCCCCCCCCCCCCCC(=O)N[C@H]1CC(C)N([C@H](C(=O)N[C@H](C(=O)N[C@@H](CCCN=C(N)N)C(=O)N[C@H](C(=O)N[C@@H](CC(C)C)C(=O)N[C@@H](C)C(=O)N[C@H](C(=O)NC)[C@@H](C)O)C(C)C)C(C)C)[C@@H](C)CC)C1=O. The Morgan fingerprint density at radius 2 is 1.09 bits per heavy atom. The first kappa shape index (κ1) is 71.5. The van der Waals surface area contributed by atoms with Crippen molar-refractivity contribution < 1.29 is 48.3 Å². The molecule has 22 heteroatoms. The van der Waals surface area contributed by atoms with Crippen molar-refractivity contribution in [3.8, 4) is 0 Å². The van der Waals surface area contributed by atoms with Gasteiger partial charge in [0, 0.05) is 26.1 Å². The highest BCUT2D eigenvalue weighted by atomic mass is 16.3. The minimum atomic E-state index is -1.29. The lowest BCUT2D eigenvalue weighted by Gasteiger charge is -2.36. The van der Waals surface area contributed by atoms with Crippen LogP contribution in [-0.4, -0.2) is 143 Å². The summed E-state index contributed by atoms with van der Waals surface area (Å²) in [4.78, 5) is 129. The highest BCUT2D eigenvalue weighted by molar-refractivity contribution is 5.98. The maximum Gasteiger partial charge on any atom is 0.246 e. The van der Waals surface area contributed by atoms with Gasteiger partial charge >= 0.3 is 0 Å². The molecular formula is C57H106N12O10. The zero-order valence-electron chi connectivity index (χ0n) is 50.4. The molecule has 0 aromatic carbocycles. The number of aliphatic hydroxyl groups is 1. The van der Waals surface area contributed by atoms with Crippen molar-refractivity contribution in [3.63, 3.8) is 0 Å². The third-order valence-electron chi connectivity index (χ3n) is 14.7. The maximum absolute atomic E-state index is 14.5. The van der Waals surface area contributed by atoms with Gasteiger partial charge in [0.15, 0.2) is 5.96 Å². The van der Waals surface area contributed by atoms with Crippen molar-refractivity contribution in [2.45, 2.75) is 266 Å². The van der Waals surface area contributed by atoms with Crippen LogP contribution in [0.5, 0.6) is 0 Å². The molecule has 0 aromatic heterocycles. The van der Waals surface area contributed by atoms with Gasteiger partial charge in [0.1, 0.15) is 48.3 Å². The maximum atomic E-state index is 14.5. The molecule has 0 spiro atoms. The van der Waals surface area contributed by atoms with E-state index in [9.17, 15) is 48.3 Å². The van der Waals surface area contributed by atoms with Crippen LogP contribution in [0.3, 0.4) is 0 Å². The topological polar surface area (TPSA) is 338 Å². The van der Waals surface area contributed by atoms with Gasteiger partial charge in [-0.15, -0.1) is 0 Å². The number of unbranched alkanes of at least 4 members (excludes halogenated alkanes) is 12. The van der Waals surface area contributed by atoms with Crippen LogP contribution in [0, 0.1) is 23.7 Å². The van der Waals surface area contributed by atoms with E-state index in [2.05, 4.69) is 54.5 Å². The standard InChI is InChI=1S/C57H106N12O10/c1-14-16-17-18-19-20-21-22-23-24-25-26-27-30-44(71)63-43-33-38(10)69(56(43)79)48(37(9)15-2)55(78)67-46(36(7)8)53(76)64-41(29-28-31-61-57(58)59)50(73)66-45(35(5)6)54(77)65-42(32-34(3)4)51(74)62-39(11)49(72)68-47(40(12)70)52(75)60-13/h34-43,45-48,70H,14-33H2,1-13H3,(H,60,75)(H,62,74)(H,63,71)(H,64,76)(H,65,77)(H,66,73)(H,67,78)(H,68,72)(H4,58,59,61)/t37-,38?,39-,40+,41-,42-,43-,45-,46-,47-,48-/m0/s1. The summed E-state index contributed by atoms with van der Waals surface area (Å²) in [6, 6.07) is -9.48. The summed E-state index contributed by atoms with van der Waals surface area (Å²) in [5, 5.41) is 31.5. The Morgan fingerprint density at radius 1 is 0.608 bits per heavy atom. The summed E-state index contributed by atoms with van der Waals surface area (Å²) < 4.78 is 0. The first-order valence-electron chi connectivity index (χ1n) is 29.6. The number of carbonyl (C=O) groups excluding carboxylic acids is 9. The van der Waals surface area contributed by atoms with Gasteiger partial charge in [0.2, 0.25) is 53.2 Å². The Morgan fingerprint density at radius 3 is 1.56 bits per heavy atom. The van der Waals surface area contributed by atoms with Crippen LogP contribution in [0.25, 0.3) is 0 Å². The molecule has 454 valence electrons. The monoisotopic (exact) mass is 1120 g/mol. The highest BCUT2D eigenvalue weighted by Crippen LogP contribution is 2.28. The molecule has 22 nitrogen and oxygen atoms in total. The average molecular weight is 1120 g/mol. The molecule has 1 rings (SSSR count). The van der Waals surface area contributed by atoms with Crippen molar-refractivity contribution in [2.75, 3.05) is 13.6 Å². The number of aliphatic imine (C=N–C) groups is 1. The number of carbonyl (C=O) groups is 9. The second-order valence-corrected chi connectivity index (χ2v) is 23.0. The van der Waals surface area contributed by atoms with Gasteiger partial charge in [-0.25, -0.2) is 0 Å². The van der Waals surface area contributed by atoms with Gasteiger partial charge in [0.25, 0.3) is 0 Å². The summed E-state index contributed by atoms with van der Waals surface area (Å²) >= 11 is 0. The van der Waals surface area contributed by atoms with E-state index in [0.29, 0.717) is 19.3 Å². The highest BCUT2D eigenvalue weighted by Gasteiger charge is 2.46. The zero-order valence-corrected chi connectivity index (χ0v) is 50.4. The number of guanidine groups is 1. The average Bonchev–Trinajstić information content (AvgIpc) is 3.64. The summed E-state index contributed by atoms with van der Waals surface area (Å²) in [5.41, 5.74) is 11.1. The molecule has 1 aliphatic heterocycles. The van der Waals surface area contributed by atoms with Gasteiger partial charge in [-0.3, -0.25) is 48.1 Å². The number of nitrogens with one attached hydrogen (secondary N) is 8. The lowest BCUT2D eigenvalue weighted by molar-refractivity contribution is -0.144. The zero-order chi connectivity index (χ0) is 59.9. The van der Waals surface area contributed by atoms with Gasteiger partial charge < -0.3 is 64.0 Å². The third-order valence-corrected chi connectivity index (χ3v) is 14.7. The smallest absolute Gasteiger partial charge is 0.246 e. The van der Waals surface area contributed by atoms with E-state index in [1.165, 1.54) is 83.6 Å². The number of aliphatic hydroxyl groups excluding tert-OH is 1. The molecule has 0 aliphatic carbocycles. The van der Waals surface area contributed by atoms with Crippen LogP contribution in [0.15, 0.2) is 4.99 Å². The van der Waals surface area contributed by atoms with Crippen molar-refractivity contribution >= 4 is 59.1 Å². The van der Waals surface area contributed by atoms with Gasteiger partial charge in [-0.05, 0) is 76.5 Å². The van der Waals surface area contributed by atoms with E-state index < -0.39 is 114 Å². The first-order valence-corrected chi connectivity index (χ1v) is 29.6. The molecule has 1 aliphatic rings. The summed E-state index contributed by atoms with van der Waals surface area (Å²) in [6.45, 7) is 21.2. The first-order chi connectivity index (χ1) is 37.2. The fourth-order valence-corrected chi connectivity index (χ4v) is 9.72. The predicted molar refractivity (Wildman–Crippen MR) is 308 cm³/mol. The quantitative estimate of drug-likeness (QED) is 0.0239. The molecule has 13 N–H and O–H groups in total. The Hall–Kier alpha value is -5.54. The fourth-order valence-electron chi connectivity index (χ4n) is 9.72.